The first-order valence-electron chi connectivity index (χ1n) is 5.42. The first kappa shape index (κ1) is 14.0. The maximum atomic E-state index is 11.8. The Labute approximate surface area is 91.2 Å². The van der Waals surface area contributed by atoms with E-state index in [1.807, 2.05) is 6.92 Å². The summed E-state index contributed by atoms with van der Waals surface area (Å²) in [6, 6.07) is 0. The van der Waals surface area contributed by atoms with Gasteiger partial charge in [0.1, 0.15) is 5.41 Å². The van der Waals surface area contributed by atoms with Gasteiger partial charge in [-0.25, -0.2) is 0 Å². The van der Waals surface area contributed by atoms with E-state index in [2.05, 4.69) is 0 Å². The first-order chi connectivity index (χ1) is 6.87. The Hall–Kier alpha value is -0.990. The highest BCUT2D eigenvalue weighted by Gasteiger charge is 2.41. The summed E-state index contributed by atoms with van der Waals surface area (Å²) >= 11 is 0. The van der Waals surface area contributed by atoms with E-state index < -0.39 is 5.41 Å². The average Bonchev–Trinajstić information content (AvgIpc) is 2.15. The molecule has 0 bridgehead atoms. The van der Waals surface area contributed by atoms with Gasteiger partial charge in [-0.15, -0.1) is 0 Å². The van der Waals surface area contributed by atoms with Gasteiger partial charge >= 0.3 is 0 Å². The van der Waals surface area contributed by atoms with Crippen LogP contribution in [0.15, 0.2) is 0 Å². The van der Waals surface area contributed by atoms with E-state index in [0.29, 0.717) is 6.42 Å². The van der Waals surface area contributed by atoms with Crippen molar-refractivity contribution in [3.05, 3.63) is 0 Å². The van der Waals surface area contributed by atoms with Crippen molar-refractivity contribution in [2.45, 2.75) is 53.4 Å². The van der Waals surface area contributed by atoms with Crippen molar-refractivity contribution in [2.75, 3.05) is 0 Å². The van der Waals surface area contributed by atoms with Gasteiger partial charge < -0.3 is 0 Å². The van der Waals surface area contributed by atoms with Crippen LogP contribution in [0.25, 0.3) is 0 Å². The van der Waals surface area contributed by atoms with E-state index in [-0.39, 0.29) is 17.3 Å². The van der Waals surface area contributed by atoms with Gasteiger partial charge in [0.25, 0.3) is 0 Å². The lowest BCUT2D eigenvalue weighted by atomic mass is 9.76. The zero-order valence-corrected chi connectivity index (χ0v) is 10.1. The van der Waals surface area contributed by atoms with Gasteiger partial charge in [0.15, 0.2) is 17.3 Å². The number of hydrogen-bond acceptors (Lipinski definition) is 3. The van der Waals surface area contributed by atoms with Crippen molar-refractivity contribution in [3.63, 3.8) is 0 Å². The van der Waals surface area contributed by atoms with Crippen LogP contribution in [0.2, 0.25) is 0 Å². The minimum Gasteiger partial charge on any atom is -0.298 e. The second-order valence-corrected chi connectivity index (χ2v) is 4.12. The minimum absolute atomic E-state index is 0.240. The smallest absolute Gasteiger partial charge is 0.153 e. The van der Waals surface area contributed by atoms with Crippen LogP contribution in [0.1, 0.15) is 53.4 Å². The predicted molar refractivity (Wildman–Crippen MR) is 58.6 cm³/mol. The van der Waals surface area contributed by atoms with Crippen LogP contribution in [-0.4, -0.2) is 17.3 Å². The molecule has 86 valence electrons. The monoisotopic (exact) mass is 212 g/mol. The molecule has 0 radical (unpaired) electrons. The predicted octanol–water partition coefficient (Wildman–Crippen LogP) is 2.32. The molecule has 0 saturated carbocycles. The van der Waals surface area contributed by atoms with E-state index in [0.717, 1.165) is 19.3 Å². The van der Waals surface area contributed by atoms with Crippen molar-refractivity contribution in [2.24, 2.45) is 5.41 Å². The molecule has 3 nitrogen and oxygen atoms in total. The largest absolute Gasteiger partial charge is 0.298 e. The topological polar surface area (TPSA) is 51.2 Å². The van der Waals surface area contributed by atoms with Crippen molar-refractivity contribution < 1.29 is 14.4 Å². The lowest BCUT2D eigenvalue weighted by Gasteiger charge is -2.21. The third-order valence-electron chi connectivity index (χ3n) is 2.97. The molecule has 0 heterocycles. The number of rotatable bonds is 7. The fourth-order valence-corrected chi connectivity index (χ4v) is 1.43. The maximum absolute atomic E-state index is 11.8. The molecular weight excluding hydrogens is 192 g/mol. The summed E-state index contributed by atoms with van der Waals surface area (Å²) < 4.78 is 0. The number of Topliss-reactive ketones (excluding diaryl/α,β-unsaturated/α-hetero) is 3. The molecule has 0 fully saturated rings. The maximum Gasteiger partial charge on any atom is 0.153 e. The average molecular weight is 212 g/mol. The molecule has 0 spiro atoms. The van der Waals surface area contributed by atoms with Gasteiger partial charge in [0.2, 0.25) is 0 Å². The van der Waals surface area contributed by atoms with E-state index in [9.17, 15) is 14.4 Å². The van der Waals surface area contributed by atoms with Crippen LogP contribution < -0.4 is 0 Å². The molecule has 0 rings (SSSR count). The molecule has 0 unspecified atom stereocenters. The zero-order valence-electron chi connectivity index (χ0n) is 10.1. The van der Waals surface area contributed by atoms with Crippen molar-refractivity contribution in [1.29, 1.82) is 0 Å². The van der Waals surface area contributed by atoms with Crippen molar-refractivity contribution in [3.8, 4) is 0 Å². The van der Waals surface area contributed by atoms with Crippen molar-refractivity contribution in [1.82, 2.24) is 0 Å². The van der Waals surface area contributed by atoms with Crippen molar-refractivity contribution >= 4 is 17.3 Å². The summed E-state index contributed by atoms with van der Waals surface area (Å²) in [7, 11) is 0. The van der Waals surface area contributed by atoms with Gasteiger partial charge in [0.05, 0.1) is 0 Å². The Bertz CT molecular complexity index is 252. The van der Waals surface area contributed by atoms with E-state index in [1.54, 1.807) is 0 Å². The summed E-state index contributed by atoms with van der Waals surface area (Å²) in [5.74, 6) is -0.941. The Morgan fingerprint density at radius 1 is 1.00 bits per heavy atom. The molecule has 0 amide bonds. The molecule has 0 atom stereocenters. The van der Waals surface area contributed by atoms with Gasteiger partial charge in [0, 0.05) is 6.42 Å². The van der Waals surface area contributed by atoms with Crippen LogP contribution in [0.3, 0.4) is 0 Å². The number of carbonyl (C=O) groups is 3. The SMILES string of the molecule is CCCCCC(=O)C(C)(C(C)=O)C(C)=O. The second-order valence-electron chi connectivity index (χ2n) is 4.12. The molecule has 0 aliphatic rings. The lowest BCUT2D eigenvalue weighted by molar-refractivity contribution is -0.146. The van der Waals surface area contributed by atoms with E-state index in [4.69, 9.17) is 0 Å². The van der Waals surface area contributed by atoms with Crippen LogP contribution in [0.5, 0.6) is 0 Å². The standard InChI is InChI=1S/C12H20O3/c1-5-6-7-8-11(15)12(4,9(2)13)10(3)14/h5-8H2,1-4H3. The number of carbonyl (C=O) groups excluding carboxylic acids is 3. The van der Waals surface area contributed by atoms with E-state index >= 15 is 0 Å². The molecule has 15 heavy (non-hydrogen) atoms. The number of hydrogen-bond donors (Lipinski definition) is 0. The Morgan fingerprint density at radius 3 is 1.80 bits per heavy atom. The second kappa shape index (κ2) is 5.79. The normalized spacial score (nSPS) is 11.2. The van der Waals surface area contributed by atoms with Crippen LogP contribution in [0, 0.1) is 5.41 Å². The summed E-state index contributed by atoms with van der Waals surface area (Å²) in [5, 5.41) is 0. The summed E-state index contributed by atoms with van der Waals surface area (Å²) in [5.41, 5.74) is -1.41. The molecule has 0 saturated heterocycles. The Balaban J connectivity index is 4.58. The molecule has 0 N–H and O–H groups in total. The first-order valence-corrected chi connectivity index (χ1v) is 5.42. The quantitative estimate of drug-likeness (QED) is 0.480. The fraction of sp³-hybridized carbons (Fsp3) is 0.750. The molecule has 0 aromatic carbocycles. The molecule has 0 aromatic heterocycles. The van der Waals surface area contributed by atoms with Gasteiger partial charge in [-0.05, 0) is 27.2 Å². The third kappa shape index (κ3) is 3.26. The molecule has 0 aliphatic heterocycles. The molecular formula is C12H20O3. The van der Waals surface area contributed by atoms with Crippen LogP contribution in [0.4, 0.5) is 0 Å². The van der Waals surface area contributed by atoms with E-state index in [1.165, 1.54) is 20.8 Å². The Morgan fingerprint density at radius 2 is 1.47 bits per heavy atom. The van der Waals surface area contributed by atoms with Gasteiger partial charge in [-0.3, -0.25) is 14.4 Å². The molecule has 0 aliphatic carbocycles. The highest BCUT2D eigenvalue weighted by Crippen LogP contribution is 2.23. The highest BCUT2D eigenvalue weighted by atomic mass is 16.2. The summed E-state index contributed by atoms with van der Waals surface area (Å²) in [6.07, 6.45) is 3.05. The third-order valence-corrected chi connectivity index (χ3v) is 2.97. The zero-order chi connectivity index (χ0) is 12.1. The van der Waals surface area contributed by atoms with Gasteiger partial charge in [-0.1, -0.05) is 19.8 Å². The number of ketones is 3. The minimum atomic E-state index is -1.41. The lowest BCUT2D eigenvalue weighted by Crippen LogP contribution is -2.41. The highest BCUT2D eigenvalue weighted by molar-refractivity contribution is 6.22. The molecule has 3 heteroatoms. The molecule has 0 aromatic rings. The summed E-state index contributed by atoms with van der Waals surface area (Å²) in [6.45, 7) is 6.09. The van der Waals surface area contributed by atoms with Crippen LogP contribution >= 0.6 is 0 Å². The van der Waals surface area contributed by atoms with Gasteiger partial charge in [-0.2, -0.15) is 0 Å². The Kier molecular flexibility index (Phi) is 5.40. The van der Waals surface area contributed by atoms with Crippen LogP contribution in [-0.2, 0) is 14.4 Å². The number of unbranched alkanes of at least 4 members (excludes halogenated alkanes) is 2. The fourth-order valence-electron chi connectivity index (χ4n) is 1.43. The summed E-state index contributed by atoms with van der Waals surface area (Å²) in [4.78, 5) is 34.5.